The Bertz CT molecular complexity index is 1230. The van der Waals surface area contributed by atoms with Gasteiger partial charge in [-0.25, -0.2) is 4.98 Å². The summed E-state index contributed by atoms with van der Waals surface area (Å²) < 4.78 is 8.09. The van der Waals surface area contributed by atoms with Crippen molar-refractivity contribution in [2.24, 2.45) is 0 Å². The van der Waals surface area contributed by atoms with E-state index in [1.54, 1.807) is 12.3 Å². The fourth-order valence-electron chi connectivity index (χ4n) is 5.31. The summed E-state index contributed by atoms with van der Waals surface area (Å²) in [5.41, 5.74) is 3.04. The van der Waals surface area contributed by atoms with Crippen LogP contribution in [0.25, 0.3) is 0 Å². The number of hydrogen-bond acceptors (Lipinski definition) is 5. The lowest BCUT2D eigenvalue weighted by atomic mass is 10.0. The number of anilines is 1. The first-order chi connectivity index (χ1) is 17.6. The van der Waals surface area contributed by atoms with E-state index in [1.807, 2.05) is 48.2 Å². The Morgan fingerprint density at radius 3 is 2.50 bits per heavy atom. The Labute approximate surface area is 212 Å². The zero-order chi connectivity index (χ0) is 24.9. The lowest BCUT2D eigenvalue weighted by Crippen LogP contribution is -2.50. The van der Waals surface area contributed by atoms with Crippen molar-refractivity contribution in [1.29, 1.82) is 0 Å². The van der Waals surface area contributed by atoms with Crippen LogP contribution in [0.2, 0.25) is 0 Å². The van der Waals surface area contributed by atoms with Crippen LogP contribution in [0.3, 0.4) is 0 Å². The molecule has 2 aromatic heterocycles. The molecule has 7 heteroatoms. The van der Waals surface area contributed by atoms with Crippen LogP contribution in [0.5, 0.6) is 0 Å². The zero-order valence-corrected chi connectivity index (χ0v) is 20.9. The van der Waals surface area contributed by atoms with E-state index in [2.05, 4.69) is 26.6 Å². The van der Waals surface area contributed by atoms with Gasteiger partial charge >= 0.3 is 0 Å². The molecule has 36 heavy (non-hydrogen) atoms. The van der Waals surface area contributed by atoms with Crippen molar-refractivity contribution >= 4 is 11.7 Å². The highest BCUT2D eigenvalue weighted by Gasteiger charge is 2.29. The summed E-state index contributed by atoms with van der Waals surface area (Å²) in [5, 5.41) is 0. The predicted octanol–water partition coefficient (Wildman–Crippen LogP) is 3.48. The summed E-state index contributed by atoms with van der Waals surface area (Å²) >= 11 is 0. The standard InChI is InChI=1S/C29H34N4O3/c1-22-20-26(34)28(29(35)32-17-15-31(16-18-32)27-11-5-6-14-30-27)25(13-12-23-8-3-2-4-9-23)33(22)21-24-10-7-19-36-24/h2-6,8-9,11,14,20,24H,7,10,12-13,15-19,21H2,1H3. The van der Waals surface area contributed by atoms with Crippen molar-refractivity contribution in [3.63, 3.8) is 0 Å². The van der Waals surface area contributed by atoms with E-state index in [0.29, 0.717) is 44.7 Å². The molecule has 0 radical (unpaired) electrons. The first-order valence-electron chi connectivity index (χ1n) is 12.9. The molecule has 1 amide bonds. The third-order valence-electron chi connectivity index (χ3n) is 7.28. The Hall–Kier alpha value is -3.45. The van der Waals surface area contributed by atoms with Gasteiger partial charge in [-0.1, -0.05) is 36.4 Å². The molecule has 1 atom stereocenters. The second-order valence-corrected chi connectivity index (χ2v) is 9.67. The maximum absolute atomic E-state index is 13.8. The van der Waals surface area contributed by atoms with Gasteiger partial charge in [0, 0.05) is 63.0 Å². The van der Waals surface area contributed by atoms with Crippen LogP contribution in [0.15, 0.2) is 65.6 Å². The SMILES string of the molecule is Cc1cc(=O)c(C(=O)N2CCN(c3ccccn3)CC2)c(CCc2ccccc2)n1CC1CCCO1. The Kier molecular flexibility index (Phi) is 7.47. The molecular formula is C29H34N4O3. The number of piperazine rings is 1. The van der Waals surface area contributed by atoms with E-state index in [4.69, 9.17) is 4.74 Å². The lowest BCUT2D eigenvalue weighted by Gasteiger charge is -2.36. The summed E-state index contributed by atoms with van der Waals surface area (Å²) in [5.74, 6) is 0.757. The van der Waals surface area contributed by atoms with Gasteiger partial charge in [0.2, 0.25) is 0 Å². The van der Waals surface area contributed by atoms with Gasteiger partial charge in [0.25, 0.3) is 5.91 Å². The summed E-state index contributed by atoms with van der Waals surface area (Å²) in [4.78, 5) is 35.6. The Morgan fingerprint density at radius 2 is 1.81 bits per heavy atom. The summed E-state index contributed by atoms with van der Waals surface area (Å²) in [6.07, 6.45) is 5.35. The highest BCUT2D eigenvalue weighted by atomic mass is 16.5. The average Bonchev–Trinajstić information content (AvgIpc) is 3.43. The third kappa shape index (κ3) is 5.36. The fraction of sp³-hybridized carbons (Fsp3) is 0.414. The minimum Gasteiger partial charge on any atom is -0.376 e. The molecule has 2 saturated heterocycles. The molecule has 2 fully saturated rings. The molecule has 0 N–H and O–H groups in total. The molecule has 5 rings (SSSR count). The van der Waals surface area contributed by atoms with Crippen LogP contribution in [0.1, 0.15) is 40.2 Å². The first-order valence-corrected chi connectivity index (χ1v) is 12.9. The van der Waals surface area contributed by atoms with Gasteiger partial charge in [0.1, 0.15) is 11.4 Å². The van der Waals surface area contributed by atoms with Gasteiger partial charge < -0.3 is 19.1 Å². The highest BCUT2D eigenvalue weighted by Crippen LogP contribution is 2.21. The minimum atomic E-state index is -0.184. The number of amides is 1. The van der Waals surface area contributed by atoms with Crippen molar-refractivity contribution in [2.75, 3.05) is 37.7 Å². The van der Waals surface area contributed by atoms with E-state index in [1.165, 1.54) is 5.56 Å². The molecule has 7 nitrogen and oxygen atoms in total. The second-order valence-electron chi connectivity index (χ2n) is 9.67. The topological polar surface area (TPSA) is 67.7 Å². The number of aryl methyl sites for hydroxylation is 2. The van der Waals surface area contributed by atoms with Crippen molar-refractivity contribution in [3.8, 4) is 0 Å². The van der Waals surface area contributed by atoms with Crippen LogP contribution >= 0.6 is 0 Å². The summed E-state index contributed by atoms with van der Waals surface area (Å²) in [6, 6.07) is 17.7. The number of carbonyl (C=O) groups is 1. The highest BCUT2D eigenvalue weighted by molar-refractivity contribution is 5.95. The Morgan fingerprint density at radius 1 is 1.03 bits per heavy atom. The van der Waals surface area contributed by atoms with Crippen LogP contribution < -0.4 is 10.3 Å². The lowest BCUT2D eigenvalue weighted by molar-refractivity contribution is 0.0739. The van der Waals surface area contributed by atoms with Crippen LogP contribution in [0, 0.1) is 6.92 Å². The van der Waals surface area contributed by atoms with E-state index in [-0.39, 0.29) is 17.4 Å². The van der Waals surface area contributed by atoms with E-state index < -0.39 is 0 Å². The van der Waals surface area contributed by atoms with Crippen LogP contribution in [-0.2, 0) is 24.1 Å². The Balaban J connectivity index is 1.42. The second kappa shape index (κ2) is 11.1. The van der Waals surface area contributed by atoms with E-state index >= 15 is 0 Å². The maximum atomic E-state index is 13.8. The number of pyridine rings is 2. The summed E-state index contributed by atoms with van der Waals surface area (Å²) in [6.45, 7) is 5.91. The first kappa shape index (κ1) is 24.3. The average molecular weight is 487 g/mol. The molecule has 188 valence electrons. The molecule has 4 heterocycles. The van der Waals surface area contributed by atoms with Gasteiger partial charge in [-0.2, -0.15) is 0 Å². The number of carbonyl (C=O) groups excluding carboxylic acids is 1. The van der Waals surface area contributed by atoms with Crippen molar-refractivity contribution in [2.45, 2.75) is 45.3 Å². The molecule has 0 saturated carbocycles. The van der Waals surface area contributed by atoms with Crippen molar-refractivity contribution in [1.82, 2.24) is 14.5 Å². The van der Waals surface area contributed by atoms with Crippen molar-refractivity contribution < 1.29 is 9.53 Å². The van der Waals surface area contributed by atoms with Crippen LogP contribution in [-0.4, -0.2) is 59.2 Å². The van der Waals surface area contributed by atoms with Gasteiger partial charge in [-0.15, -0.1) is 0 Å². The van der Waals surface area contributed by atoms with Crippen LogP contribution in [0.4, 0.5) is 5.82 Å². The molecule has 2 aliphatic rings. The molecule has 3 aromatic rings. The number of hydrogen-bond donors (Lipinski definition) is 0. The molecule has 1 unspecified atom stereocenters. The molecule has 0 aliphatic carbocycles. The summed E-state index contributed by atoms with van der Waals surface area (Å²) in [7, 11) is 0. The molecule has 1 aromatic carbocycles. The number of benzene rings is 1. The predicted molar refractivity (Wildman–Crippen MR) is 141 cm³/mol. The monoisotopic (exact) mass is 486 g/mol. The molecular weight excluding hydrogens is 452 g/mol. The smallest absolute Gasteiger partial charge is 0.259 e. The zero-order valence-electron chi connectivity index (χ0n) is 20.9. The van der Waals surface area contributed by atoms with Crippen molar-refractivity contribution in [3.05, 3.63) is 93.5 Å². The maximum Gasteiger partial charge on any atom is 0.259 e. The van der Waals surface area contributed by atoms with Gasteiger partial charge in [0.05, 0.1) is 6.10 Å². The quantitative estimate of drug-likeness (QED) is 0.512. The minimum absolute atomic E-state index is 0.117. The van der Waals surface area contributed by atoms with Gasteiger partial charge in [0.15, 0.2) is 5.43 Å². The van der Waals surface area contributed by atoms with E-state index in [0.717, 1.165) is 43.1 Å². The number of rotatable bonds is 7. The third-order valence-corrected chi connectivity index (χ3v) is 7.28. The number of ether oxygens (including phenoxy) is 1. The molecule has 0 spiro atoms. The number of aromatic nitrogens is 2. The molecule has 2 aliphatic heterocycles. The normalized spacial score (nSPS) is 18.0. The fourth-order valence-corrected chi connectivity index (χ4v) is 5.31. The van der Waals surface area contributed by atoms with Gasteiger partial charge in [-0.05, 0) is 50.3 Å². The largest absolute Gasteiger partial charge is 0.376 e. The molecule has 0 bridgehead atoms. The van der Waals surface area contributed by atoms with E-state index in [9.17, 15) is 9.59 Å². The van der Waals surface area contributed by atoms with Gasteiger partial charge in [-0.3, -0.25) is 9.59 Å². The number of nitrogens with zero attached hydrogens (tertiary/aromatic N) is 4.